The van der Waals surface area contributed by atoms with E-state index in [0.29, 0.717) is 5.69 Å². The van der Waals surface area contributed by atoms with Crippen LogP contribution in [0.25, 0.3) is 0 Å². The van der Waals surface area contributed by atoms with Crippen LogP contribution in [-0.2, 0) is 21.3 Å². The first-order chi connectivity index (χ1) is 13.0. The molecule has 0 N–H and O–H groups in total. The van der Waals surface area contributed by atoms with Crippen LogP contribution in [-0.4, -0.2) is 21.5 Å². The first-order valence-electron chi connectivity index (χ1n) is 8.33. The molecule has 27 heavy (non-hydrogen) atoms. The number of benzene rings is 3. The van der Waals surface area contributed by atoms with Crippen molar-refractivity contribution < 1.29 is 17.9 Å². The number of methoxy groups -OCH3 is 1. The van der Waals surface area contributed by atoms with E-state index in [1.165, 1.54) is 23.5 Å². The molecule has 0 saturated carbocycles. The van der Waals surface area contributed by atoms with Crippen molar-refractivity contribution in [3.63, 3.8) is 0 Å². The number of para-hydroxylation sites is 1. The van der Waals surface area contributed by atoms with Crippen LogP contribution in [0.2, 0.25) is 0 Å². The van der Waals surface area contributed by atoms with Crippen LogP contribution in [0.15, 0.2) is 89.8 Å². The van der Waals surface area contributed by atoms with Gasteiger partial charge in [-0.15, -0.1) is 0 Å². The van der Waals surface area contributed by atoms with Gasteiger partial charge in [-0.05, 0) is 29.8 Å². The Hall–Kier alpha value is -3.12. The number of carbonyl (C=O) groups excluding carboxylic acids is 1. The molecule has 138 valence electrons. The summed E-state index contributed by atoms with van der Waals surface area (Å²) in [5, 5.41) is 0. The molecular weight excluding hydrogens is 362 g/mol. The van der Waals surface area contributed by atoms with Crippen molar-refractivity contribution in [2.75, 3.05) is 11.4 Å². The van der Waals surface area contributed by atoms with Crippen molar-refractivity contribution in [3.05, 3.63) is 96.1 Å². The smallest absolute Gasteiger partial charge is 0.339 e. The zero-order chi connectivity index (χ0) is 19.3. The molecule has 0 aliphatic carbocycles. The number of sulfonamides is 1. The minimum atomic E-state index is -4.01. The van der Waals surface area contributed by atoms with Gasteiger partial charge in [-0.3, -0.25) is 4.31 Å². The standard InChI is InChI=1S/C21H19NO4S/c1-26-21(23)19-14-8-9-15-20(19)27(24,25)22(18-12-6-3-7-13-18)16-17-10-4-2-5-11-17/h2-15H,16H2,1H3. The Morgan fingerprint density at radius 3 is 2.04 bits per heavy atom. The molecule has 0 heterocycles. The third kappa shape index (κ3) is 4.01. The highest BCUT2D eigenvalue weighted by Gasteiger charge is 2.29. The topological polar surface area (TPSA) is 63.7 Å². The van der Waals surface area contributed by atoms with Crippen molar-refractivity contribution in [1.29, 1.82) is 0 Å². The molecule has 0 atom stereocenters. The highest BCUT2D eigenvalue weighted by molar-refractivity contribution is 7.92. The lowest BCUT2D eigenvalue weighted by molar-refractivity contribution is 0.0596. The van der Waals surface area contributed by atoms with Gasteiger partial charge in [-0.1, -0.05) is 60.7 Å². The third-order valence-electron chi connectivity index (χ3n) is 4.07. The fourth-order valence-electron chi connectivity index (χ4n) is 2.75. The number of ether oxygens (including phenoxy) is 1. The van der Waals surface area contributed by atoms with Crippen LogP contribution in [0.4, 0.5) is 5.69 Å². The second-order valence-electron chi connectivity index (χ2n) is 5.82. The molecule has 5 nitrogen and oxygen atoms in total. The number of esters is 1. The molecule has 0 aliphatic heterocycles. The average molecular weight is 381 g/mol. The predicted molar refractivity (Wildman–Crippen MR) is 104 cm³/mol. The van der Waals surface area contributed by atoms with Crippen LogP contribution in [0.5, 0.6) is 0 Å². The average Bonchev–Trinajstić information content (AvgIpc) is 2.72. The summed E-state index contributed by atoms with van der Waals surface area (Å²) in [5.41, 5.74) is 1.36. The van der Waals surface area contributed by atoms with Gasteiger partial charge >= 0.3 is 5.97 Å². The molecule has 0 amide bonds. The second kappa shape index (κ2) is 8.05. The van der Waals surface area contributed by atoms with Crippen molar-refractivity contribution in [1.82, 2.24) is 0 Å². The van der Waals surface area contributed by atoms with Gasteiger partial charge in [-0.25, -0.2) is 13.2 Å². The van der Waals surface area contributed by atoms with Crippen molar-refractivity contribution in [3.8, 4) is 0 Å². The molecule has 0 radical (unpaired) electrons. The van der Waals surface area contributed by atoms with Crippen molar-refractivity contribution in [2.45, 2.75) is 11.4 Å². The van der Waals surface area contributed by atoms with Gasteiger partial charge in [0.25, 0.3) is 10.0 Å². The zero-order valence-corrected chi connectivity index (χ0v) is 15.6. The van der Waals surface area contributed by atoms with Crippen LogP contribution < -0.4 is 4.31 Å². The maximum absolute atomic E-state index is 13.5. The Morgan fingerprint density at radius 2 is 1.41 bits per heavy atom. The number of nitrogens with zero attached hydrogens (tertiary/aromatic N) is 1. The lowest BCUT2D eigenvalue weighted by Crippen LogP contribution is -2.31. The van der Waals surface area contributed by atoms with Gasteiger partial charge in [-0.2, -0.15) is 0 Å². The summed E-state index contributed by atoms with van der Waals surface area (Å²) in [6.45, 7) is 0.142. The minimum absolute atomic E-state index is 0.00833. The fourth-order valence-corrected chi connectivity index (χ4v) is 4.38. The van der Waals surface area contributed by atoms with E-state index in [1.807, 2.05) is 36.4 Å². The Bertz CT molecular complexity index is 1020. The van der Waals surface area contributed by atoms with E-state index < -0.39 is 16.0 Å². The molecule has 0 unspecified atom stereocenters. The molecular formula is C21H19NO4S. The van der Waals surface area contributed by atoms with Gasteiger partial charge < -0.3 is 4.74 Å². The van der Waals surface area contributed by atoms with Gasteiger partial charge in [0.05, 0.1) is 24.9 Å². The van der Waals surface area contributed by atoms with Crippen LogP contribution in [0.3, 0.4) is 0 Å². The highest BCUT2D eigenvalue weighted by atomic mass is 32.2. The third-order valence-corrected chi connectivity index (χ3v) is 5.91. The highest BCUT2D eigenvalue weighted by Crippen LogP contribution is 2.28. The monoisotopic (exact) mass is 381 g/mol. The summed E-state index contributed by atoms with van der Waals surface area (Å²) in [4.78, 5) is 12.0. The van der Waals surface area contributed by atoms with Crippen molar-refractivity contribution >= 4 is 21.7 Å². The van der Waals surface area contributed by atoms with E-state index >= 15 is 0 Å². The molecule has 0 spiro atoms. The lowest BCUT2D eigenvalue weighted by Gasteiger charge is -2.25. The molecule has 0 aliphatic rings. The molecule has 3 aromatic carbocycles. The summed E-state index contributed by atoms with van der Waals surface area (Å²) >= 11 is 0. The summed E-state index contributed by atoms with van der Waals surface area (Å²) in [5.74, 6) is -0.693. The summed E-state index contributed by atoms with van der Waals surface area (Å²) in [6, 6.07) is 24.2. The van der Waals surface area contributed by atoms with Gasteiger partial charge in [0.2, 0.25) is 0 Å². The van der Waals surface area contributed by atoms with Gasteiger partial charge in [0.15, 0.2) is 0 Å². The van der Waals surface area contributed by atoms with Gasteiger partial charge in [0.1, 0.15) is 4.90 Å². The molecule has 0 aromatic heterocycles. The molecule has 6 heteroatoms. The molecule has 3 aromatic rings. The second-order valence-corrected chi connectivity index (χ2v) is 7.65. The number of rotatable bonds is 6. The van der Waals surface area contributed by atoms with E-state index in [4.69, 9.17) is 4.74 Å². The maximum atomic E-state index is 13.5. The molecule has 0 saturated heterocycles. The Kier molecular flexibility index (Phi) is 5.57. The number of hydrogen-bond acceptors (Lipinski definition) is 4. The summed E-state index contributed by atoms with van der Waals surface area (Å²) < 4.78 is 33.0. The predicted octanol–water partition coefficient (Wildman–Crippen LogP) is 3.87. The van der Waals surface area contributed by atoms with Crippen molar-refractivity contribution in [2.24, 2.45) is 0 Å². The lowest BCUT2D eigenvalue weighted by atomic mass is 10.2. The Morgan fingerprint density at radius 1 is 0.852 bits per heavy atom. The number of hydrogen-bond donors (Lipinski definition) is 0. The van der Waals surface area contributed by atoms with Crippen LogP contribution >= 0.6 is 0 Å². The van der Waals surface area contributed by atoms with Gasteiger partial charge in [0, 0.05) is 0 Å². The van der Waals surface area contributed by atoms with Crippen LogP contribution in [0, 0.1) is 0 Å². The van der Waals surface area contributed by atoms with E-state index in [2.05, 4.69) is 0 Å². The molecule has 3 rings (SSSR count). The van der Waals surface area contributed by atoms with E-state index in [1.54, 1.807) is 36.4 Å². The first-order valence-corrected chi connectivity index (χ1v) is 9.77. The normalized spacial score (nSPS) is 11.0. The first kappa shape index (κ1) is 18.7. The Balaban J connectivity index is 2.13. The summed E-state index contributed by atoms with van der Waals surface area (Å²) in [7, 11) is -2.78. The van der Waals surface area contributed by atoms with E-state index in [9.17, 15) is 13.2 Å². The fraction of sp³-hybridized carbons (Fsp3) is 0.0952. The zero-order valence-electron chi connectivity index (χ0n) is 14.8. The molecule has 0 fully saturated rings. The summed E-state index contributed by atoms with van der Waals surface area (Å²) in [6.07, 6.45) is 0. The number of carbonyl (C=O) groups is 1. The largest absolute Gasteiger partial charge is 0.465 e. The molecule has 0 bridgehead atoms. The SMILES string of the molecule is COC(=O)c1ccccc1S(=O)(=O)N(Cc1ccccc1)c1ccccc1. The van der Waals surface area contributed by atoms with Crippen LogP contribution in [0.1, 0.15) is 15.9 Å². The van der Waals surface area contributed by atoms with E-state index in [-0.39, 0.29) is 17.0 Å². The van der Waals surface area contributed by atoms with E-state index in [0.717, 1.165) is 5.56 Å². The maximum Gasteiger partial charge on any atom is 0.339 e. The quantitative estimate of drug-likeness (QED) is 0.608. The minimum Gasteiger partial charge on any atom is -0.465 e. The Labute approximate surface area is 158 Å². The number of anilines is 1.